The topological polar surface area (TPSA) is 70.4 Å². The minimum absolute atomic E-state index is 0.00234. The molecule has 1 aromatic rings. The molecule has 0 saturated carbocycles. The largest absolute Gasteiger partial charge is 0.444 e. The van der Waals surface area contributed by atoms with Crippen LogP contribution in [0.25, 0.3) is 0 Å². The molecule has 0 spiro atoms. The van der Waals surface area contributed by atoms with Crippen LogP contribution in [-0.2, 0) is 22.4 Å². The van der Waals surface area contributed by atoms with Crippen LogP contribution in [0.15, 0.2) is 24.3 Å². The van der Waals surface area contributed by atoms with Crippen LogP contribution in [0.4, 0.5) is 4.79 Å². The molecule has 1 aliphatic rings. The Balaban J connectivity index is 1.83. The van der Waals surface area contributed by atoms with Crippen LogP contribution in [0.2, 0.25) is 0 Å². The lowest BCUT2D eigenvalue weighted by Crippen LogP contribution is -2.43. The maximum absolute atomic E-state index is 12.5. The average Bonchev–Trinajstić information content (AvgIpc) is 2.55. The maximum atomic E-state index is 12.5. The molecule has 1 fully saturated rings. The molecule has 25 heavy (non-hydrogen) atoms. The van der Waals surface area contributed by atoms with Crippen molar-refractivity contribution < 1.29 is 14.3 Å². The van der Waals surface area contributed by atoms with E-state index in [1.54, 1.807) is 4.90 Å². The Labute approximate surface area is 149 Å². The van der Waals surface area contributed by atoms with Gasteiger partial charge in [-0.2, -0.15) is 5.26 Å². The summed E-state index contributed by atoms with van der Waals surface area (Å²) in [4.78, 5) is 26.2. The molecule has 0 bridgehead atoms. The van der Waals surface area contributed by atoms with Crippen molar-refractivity contribution in [3.05, 3.63) is 35.4 Å². The van der Waals surface area contributed by atoms with Crippen molar-refractivity contribution in [3.63, 3.8) is 0 Å². The van der Waals surface area contributed by atoms with Crippen molar-refractivity contribution in [3.8, 4) is 6.07 Å². The van der Waals surface area contributed by atoms with Gasteiger partial charge in [-0.05, 0) is 44.7 Å². The Bertz CT molecular complexity index is 645. The summed E-state index contributed by atoms with van der Waals surface area (Å²) in [5, 5.41) is 8.69. The highest BCUT2D eigenvalue weighted by molar-refractivity contribution is 5.83. The Morgan fingerprint density at radius 3 is 2.24 bits per heavy atom. The monoisotopic (exact) mass is 342 g/mol. The highest BCUT2D eigenvalue weighted by Gasteiger charge is 2.29. The summed E-state index contributed by atoms with van der Waals surface area (Å²) < 4.78 is 5.38. The SMILES string of the molecule is CC(C)(C)OC(=O)N1CCC(C(=O)Cc2ccc(CC#N)cc2)CC1. The molecule has 0 aliphatic carbocycles. The Morgan fingerprint density at radius 1 is 1.16 bits per heavy atom. The lowest BCUT2D eigenvalue weighted by molar-refractivity contribution is -0.123. The predicted molar refractivity (Wildman–Crippen MR) is 95.0 cm³/mol. The smallest absolute Gasteiger partial charge is 0.410 e. The van der Waals surface area contributed by atoms with Gasteiger partial charge in [0.05, 0.1) is 12.5 Å². The zero-order valence-corrected chi connectivity index (χ0v) is 15.2. The van der Waals surface area contributed by atoms with Gasteiger partial charge in [0.2, 0.25) is 0 Å². The zero-order chi connectivity index (χ0) is 18.4. The Morgan fingerprint density at radius 2 is 1.72 bits per heavy atom. The fourth-order valence-corrected chi connectivity index (χ4v) is 2.92. The summed E-state index contributed by atoms with van der Waals surface area (Å²) in [7, 11) is 0. The van der Waals surface area contributed by atoms with E-state index < -0.39 is 5.60 Å². The van der Waals surface area contributed by atoms with Gasteiger partial charge < -0.3 is 9.64 Å². The number of ketones is 1. The van der Waals surface area contributed by atoms with Gasteiger partial charge in [-0.25, -0.2) is 4.79 Å². The second kappa shape index (κ2) is 8.15. The molecule has 0 unspecified atom stereocenters. The van der Waals surface area contributed by atoms with Crippen LogP contribution >= 0.6 is 0 Å². The number of ether oxygens (including phenoxy) is 1. The van der Waals surface area contributed by atoms with Crippen LogP contribution in [0.3, 0.4) is 0 Å². The van der Waals surface area contributed by atoms with Crippen LogP contribution in [0.5, 0.6) is 0 Å². The molecule has 1 amide bonds. The highest BCUT2D eigenvalue weighted by atomic mass is 16.6. The lowest BCUT2D eigenvalue weighted by atomic mass is 9.89. The molecule has 1 heterocycles. The van der Waals surface area contributed by atoms with Crippen LogP contribution in [0, 0.1) is 17.2 Å². The second-order valence-electron chi connectivity index (χ2n) is 7.54. The molecule has 1 saturated heterocycles. The van der Waals surface area contributed by atoms with Crippen molar-refractivity contribution in [2.45, 2.75) is 52.1 Å². The van der Waals surface area contributed by atoms with E-state index in [1.807, 2.05) is 45.0 Å². The second-order valence-corrected chi connectivity index (χ2v) is 7.54. The zero-order valence-electron chi connectivity index (χ0n) is 15.2. The standard InChI is InChI=1S/C20H26N2O3/c1-20(2,3)25-19(24)22-12-9-17(10-13-22)18(23)14-16-6-4-15(5-7-16)8-11-21/h4-7,17H,8-10,12-14H2,1-3H3. The maximum Gasteiger partial charge on any atom is 0.410 e. The van der Waals surface area contributed by atoms with Crippen molar-refractivity contribution >= 4 is 11.9 Å². The summed E-state index contributed by atoms with van der Waals surface area (Å²) in [6, 6.07) is 9.75. The fraction of sp³-hybridized carbons (Fsp3) is 0.550. The molecule has 0 radical (unpaired) electrons. The summed E-state index contributed by atoms with van der Waals surface area (Å²) in [5.41, 5.74) is 1.44. The van der Waals surface area contributed by atoms with Gasteiger partial charge in [0.25, 0.3) is 0 Å². The Hall–Kier alpha value is -2.35. The van der Waals surface area contributed by atoms with E-state index in [-0.39, 0.29) is 17.8 Å². The van der Waals surface area contributed by atoms with Gasteiger partial charge in [0, 0.05) is 25.4 Å². The fourth-order valence-electron chi connectivity index (χ4n) is 2.92. The number of carbonyl (C=O) groups is 2. The number of hydrogen-bond acceptors (Lipinski definition) is 4. The molecular formula is C20H26N2O3. The Kier molecular flexibility index (Phi) is 6.19. The molecule has 1 aliphatic heterocycles. The third-order valence-corrected chi connectivity index (χ3v) is 4.29. The minimum Gasteiger partial charge on any atom is -0.444 e. The average molecular weight is 342 g/mol. The molecule has 0 aromatic heterocycles. The number of carbonyl (C=O) groups excluding carboxylic acids is 2. The number of Topliss-reactive ketones (excluding diaryl/α,β-unsaturated/α-hetero) is 1. The molecule has 0 atom stereocenters. The van der Waals surface area contributed by atoms with Crippen molar-refractivity contribution in [1.29, 1.82) is 5.26 Å². The van der Waals surface area contributed by atoms with Crippen LogP contribution in [0.1, 0.15) is 44.7 Å². The van der Waals surface area contributed by atoms with Crippen molar-refractivity contribution in [2.24, 2.45) is 5.92 Å². The molecular weight excluding hydrogens is 316 g/mol. The molecule has 134 valence electrons. The van der Waals surface area contributed by atoms with Gasteiger partial charge >= 0.3 is 6.09 Å². The quantitative estimate of drug-likeness (QED) is 0.839. The first-order chi connectivity index (χ1) is 11.8. The summed E-state index contributed by atoms with van der Waals surface area (Å²) in [5.74, 6) is 0.217. The molecule has 5 heteroatoms. The third kappa shape index (κ3) is 5.90. The normalized spacial score (nSPS) is 15.5. The number of nitriles is 1. The number of nitrogens with zero attached hydrogens (tertiary/aromatic N) is 2. The van der Waals surface area contributed by atoms with E-state index in [9.17, 15) is 9.59 Å². The van der Waals surface area contributed by atoms with E-state index >= 15 is 0 Å². The van der Waals surface area contributed by atoms with Gasteiger partial charge in [-0.3, -0.25) is 4.79 Å². The number of benzene rings is 1. The molecule has 0 N–H and O–H groups in total. The van der Waals surface area contributed by atoms with Crippen molar-refractivity contribution in [1.82, 2.24) is 4.90 Å². The first-order valence-corrected chi connectivity index (χ1v) is 8.74. The van der Waals surface area contributed by atoms with Gasteiger partial charge in [-0.15, -0.1) is 0 Å². The van der Waals surface area contributed by atoms with E-state index in [1.165, 1.54) is 0 Å². The number of rotatable bonds is 4. The third-order valence-electron chi connectivity index (χ3n) is 4.29. The highest BCUT2D eigenvalue weighted by Crippen LogP contribution is 2.22. The summed E-state index contributed by atoms with van der Waals surface area (Å²) in [6.45, 7) is 6.67. The summed E-state index contributed by atoms with van der Waals surface area (Å²) in [6.07, 6.45) is 1.86. The summed E-state index contributed by atoms with van der Waals surface area (Å²) >= 11 is 0. The van der Waals surface area contributed by atoms with Gasteiger partial charge in [0.15, 0.2) is 0 Å². The van der Waals surface area contributed by atoms with E-state index in [2.05, 4.69) is 6.07 Å². The van der Waals surface area contributed by atoms with Crippen LogP contribution < -0.4 is 0 Å². The van der Waals surface area contributed by atoms with Gasteiger partial charge in [-0.1, -0.05) is 24.3 Å². The van der Waals surface area contributed by atoms with Gasteiger partial charge in [0.1, 0.15) is 11.4 Å². The number of hydrogen-bond donors (Lipinski definition) is 0. The lowest BCUT2D eigenvalue weighted by Gasteiger charge is -2.33. The van der Waals surface area contributed by atoms with Crippen LogP contribution in [-0.4, -0.2) is 35.5 Å². The molecule has 2 rings (SSSR count). The number of amides is 1. The van der Waals surface area contributed by atoms with E-state index in [0.717, 1.165) is 11.1 Å². The minimum atomic E-state index is -0.499. The number of piperidine rings is 1. The van der Waals surface area contributed by atoms with E-state index in [4.69, 9.17) is 10.00 Å². The van der Waals surface area contributed by atoms with Crippen molar-refractivity contribution in [2.75, 3.05) is 13.1 Å². The predicted octanol–water partition coefficient (Wildman–Crippen LogP) is 3.51. The first kappa shape index (κ1) is 19.0. The molecule has 1 aromatic carbocycles. The van der Waals surface area contributed by atoms with E-state index in [0.29, 0.717) is 38.8 Å². The number of likely N-dealkylation sites (tertiary alicyclic amines) is 1. The first-order valence-electron chi connectivity index (χ1n) is 8.74. The molecule has 5 nitrogen and oxygen atoms in total.